The Kier molecular flexibility index (Phi) is 10.6. The van der Waals surface area contributed by atoms with Crippen LogP contribution in [0.2, 0.25) is 0 Å². The zero-order valence-corrected chi connectivity index (χ0v) is 29.5. The summed E-state index contributed by atoms with van der Waals surface area (Å²) in [6, 6.07) is 26.6. The van der Waals surface area contributed by atoms with Crippen molar-refractivity contribution in [1.29, 1.82) is 0 Å². The van der Waals surface area contributed by atoms with Gasteiger partial charge >= 0.3 is 26.4 Å². The second kappa shape index (κ2) is 14.6. The van der Waals surface area contributed by atoms with Crippen molar-refractivity contribution in [3.8, 4) is 11.5 Å². The molecule has 11 heteroatoms. The van der Waals surface area contributed by atoms with E-state index in [1.165, 1.54) is 97.1 Å². The zero-order chi connectivity index (χ0) is 37.0. The van der Waals surface area contributed by atoms with Gasteiger partial charge in [0.25, 0.3) is 0 Å². The van der Waals surface area contributed by atoms with Gasteiger partial charge < -0.3 is 8.37 Å². The van der Waals surface area contributed by atoms with Gasteiger partial charge in [0.05, 0.1) is 0 Å². The number of alkyl halides is 3. The summed E-state index contributed by atoms with van der Waals surface area (Å²) >= 11 is 0. The molecule has 0 heterocycles. The summed E-state index contributed by atoms with van der Waals surface area (Å²) in [5, 5.41) is 0. The van der Waals surface area contributed by atoms with Crippen molar-refractivity contribution in [2.75, 3.05) is 0 Å². The smallest absolute Gasteiger partial charge is 0.379 e. The molecule has 0 aromatic heterocycles. The number of halogens is 3. The second-order valence-electron chi connectivity index (χ2n) is 11.9. The van der Waals surface area contributed by atoms with Gasteiger partial charge in [-0.25, -0.2) is 0 Å². The lowest BCUT2D eigenvalue weighted by Gasteiger charge is -2.38. The maximum atomic E-state index is 16.0. The fourth-order valence-corrected chi connectivity index (χ4v) is 7.77. The third kappa shape index (κ3) is 7.64. The van der Waals surface area contributed by atoms with Crippen LogP contribution in [0.15, 0.2) is 150 Å². The summed E-state index contributed by atoms with van der Waals surface area (Å²) in [5.41, 5.74) is -1.45. The van der Waals surface area contributed by atoms with Crippen LogP contribution in [-0.2, 0) is 38.5 Å². The van der Waals surface area contributed by atoms with Crippen molar-refractivity contribution in [3.05, 3.63) is 180 Å². The van der Waals surface area contributed by atoms with Crippen molar-refractivity contribution < 1.29 is 38.4 Å². The van der Waals surface area contributed by atoms with Gasteiger partial charge in [-0.3, -0.25) is 0 Å². The number of hydrogen-bond acceptors (Lipinski definition) is 6. The average molecular weight is 733 g/mol. The van der Waals surface area contributed by atoms with Crippen LogP contribution in [0.4, 0.5) is 13.2 Å². The largest absolute Gasteiger partial charge is 0.406 e. The highest BCUT2D eigenvalue weighted by Gasteiger charge is 2.58. The van der Waals surface area contributed by atoms with Gasteiger partial charge in [0.2, 0.25) is 0 Å². The van der Waals surface area contributed by atoms with E-state index in [4.69, 9.17) is 8.37 Å². The molecule has 0 saturated carbocycles. The lowest BCUT2D eigenvalue weighted by atomic mass is 9.68. The minimum atomic E-state index is -4.97. The predicted octanol–water partition coefficient (Wildman–Crippen LogP) is 9.19. The van der Waals surface area contributed by atoms with Gasteiger partial charge in [0, 0.05) is 0 Å². The molecule has 0 saturated heterocycles. The molecule has 5 rings (SSSR count). The third-order valence-corrected chi connectivity index (χ3v) is 10.9. The van der Waals surface area contributed by atoms with Crippen molar-refractivity contribution >= 4 is 20.2 Å². The summed E-state index contributed by atoms with van der Waals surface area (Å²) in [7, 11) is -8.67. The Hall–Kier alpha value is -5.13. The Balaban J connectivity index is 1.70. The SMILES string of the molecule is C=CCc1cc(C(c2ccccc2)(c2ccc(OS(=O)(=O)c3ccc(C)cc3)c(CC=C)c2)C(F)(F)F)ccc1OS(=O)(=O)c1ccc(C)cc1. The Morgan fingerprint density at radius 3 is 1.31 bits per heavy atom. The van der Waals surface area contributed by atoms with Crippen LogP contribution in [0.25, 0.3) is 0 Å². The van der Waals surface area contributed by atoms with E-state index in [0.29, 0.717) is 0 Å². The first-order valence-corrected chi connectivity index (χ1v) is 18.6. The van der Waals surface area contributed by atoms with Crippen molar-refractivity contribution in [1.82, 2.24) is 0 Å². The number of hydrogen-bond donors (Lipinski definition) is 0. The van der Waals surface area contributed by atoms with E-state index < -0.39 is 31.8 Å². The Morgan fingerprint density at radius 1 is 0.569 bits per heavy atom. The molecule has 0 radical (unpaired) electrons. The minimum Gasteiger partial charge on any atom is -0.379 e. The highest BCUT2D eigenvalue weighted by molar-refractivity contribution is 7.87. The van der Waals surface area contributed by atoms with Crippen LogP contribution in [0.1, 0.15) is 38.9 Å². The standard InChI is InChI=1S/C40H35F3O6S2/c1-5-10-30-26-33(18-24-37(30)48-50(44,45)35-20-14-28(3)15-21-35)39(40(41,42)43,32-12-8-7-9-13-32)34-19-25-38(31(27-34)11-6-2)49-51(46,47)36-22-16-29(4)17-23-36/h5-9,12-27H,1-2,10-11H2,3-4H3. The normalized spacial score (nSPS) is 12.3. The van der Waals surface area contributed by atoms with E-state index in [9.17, 15) is 16.8 Å². The molecule has 0 aliphatic heterocycles. The Morgan fingerprint density at radius 2 is 0.961 bits per heavy atom. The zero-order valence-electron chi connectivity index (χ0n) is 27.9. The summed E-state index contributed by atoms with van der Waals surface area (Å²) in [6.07, 6.45) is -2.13. The summed E-state index contributed by atoms with van der Waals surface area (Å²) in [4.78, 5) is -0.228. The number of rotatable bonds is 13. The van der Waals surface area contributed by atoms with Gasteiger partial charge in [0.15, 0.2) is 0 Å². The van der Waals surface area contributed by atoms with Crippen LogP contribution in [0.5, 0.6) is 11.5 Å². The highest BCUT2D eigenvalue weighted by atomic mass is 32.2. The molecule has 0 aliphatic rings. The quantitative estimate of drug-likeness (QED) is 0.0682. The van der Waals surface area contributed by atoms with E-state index in [-0.39, 0.29) is 61.9 Å². The topological polar surface area (TPSA) is 86.7 Å². The van der Waals surface area contributed by atoms with Crippen LogP contribution < -0.4 is 8.37 Å². The van der Waals surface area contributed by atoms with Crippen molar-refractivity contribution in [2.45, 2.75) is 48.1 Å². The maximum Gasteiger partial charge on any atom is 0.406 e. The molecular weight excluding hydrogens is 698 g/mol. The third-order valence-electron chi connectivity index (χ3n) is 8.37. The molecule has 0 amide bonds. The van der Waals surface area contributed by atoms with Crippen LogP contribution >= 0.6 is 0 Å². The molecule has 264 valence electrons. The molecule has 5 aromatic rings. The fourth-order valence-electron chi connectivity index (χ4n) is 5.84. The molecule has 51 heavy (non-hydrogen) atoms. The van der Waals surface area contributed by atoms with Gasteiger partial charge in [-0.05, 0) is 90.9 Å². The monoisotopic (exact) mass is 732 g/mol. The second-order valence-corrected chi connectivity index (χ2v) is 15.0. The van der Waals surface area contributed by atoms with E-state index in [1.54, 1.807) is 44.2 Å². The molecular formula is C40H35F3O6S2. The van der Waals surface area contributed by atoms with E-state index in [0.717, 1.165) is 11.1 Å². The van der Waals surface area contributed by atoms with E-state index >= 15 is 13.2 Å². The van der Waals surface area contributed by atoms with Crippen LogP contribution in [0, 0.1) is 13.8 Å². The minimum absolute atomic E-state index is 0.0132. The van der Waals surface area contributed by atoms with E-state index in [1.807, 2.05) is 0 Å². The van der Waals surface area contributed by atoms with Crippen molar-refractivity contribution in [2.24, 2.45) is 0 Å². The highest BCUT2D eigenvalue weighted by Crippen LogP contribution is 2.52. The maximum absolute atomic E-state index is 16.0. The molecule has 0 atom stereocenters. The van der Waals surface area contributed by atoms with Crippen LogP contribution in [0.3, 0.4) is 0 Å². The molecule has 0 aliphatic carbocycles. The molecule has 0 fully saturated rings. The lowest BCUT2D eigenvalue weighted by molar-refractivity contribution is -0.166. The van der Waals surface area contributed by atoms with Gasteiger partial charge in [0.1, 0.15) is 26.7 Å². The number of allylic oxidation sites excluding steroid dienone is 2. The average Bonchev–Trinajstić information content (AvgIpc) is 3.07. The van der Waals surface area contributed by atoms with Gasteiger partial charge in [-0.15, -0.1) is 13.2 Å². The summed E-state index contributed by atoms with van der Waals surface area (Å²) in [6.45, 7) is 11.0. The Bertz CT molecular complexity index is 2130. The molecule has 5 aromatic carbocycles. The lowest BCUT2D eigenvalue weighted by Crippen LogP contribution is -2.44. The van der Waals surface area contributed by atoms with Gasteiger partial charge in [-0.2, -0.15) is 30.0 Å². The molecule has 0 bridgehead atoms. The molecule has 0 spiro atoms. The first-order valence-electron chi connectivity index (χ1n) is 15.8. The fraction of sp³-hybridized carbons (Fsp3) is 0.150. The predicted molar refractivity (Wildman–Crippen MR) is 191 cm³/mol. The molecule has 0 unspecified atom stereocenters. The number of aryl methyl sites for hydroxylation is 2. The van der Waals surface area contributed by atoms with Crippen molar-refractivity contribution in [3.63, 3.8) is 0 Å². The molecule has 6 nitrogen and oxygen atoms in total. The first-order chi connectivity index (χ1) is 24.1. The van der Waals surface area contributed by atoms with Crippen LogP contribution in [-0.4, -0.2) is 23.0 Å². The summed E-state index contributed by atoms with van der Waals surface area (Å²) < 4.78 is 112. The Labute approximate surface area is 296 Å². The first kappa shape index (κ1) is 37.1. The number of benzene rings is 5. The molecule has 0 N–H and O–H groups in total. The van der Waals surface area contributed by atoms with Gasteiger partial charge in [-0.1, -0.05) is 102 Å². The summed E-state index contributed by atoms with van der Waals surface area (Å²) in [5.74, 6) is -0.304. The van der Waals surface area contributed by atoms with E-state index in [2.05, 4.69) is 13.2 Å².